The van der Waals surface area contributed by atoms with E-state index < -0.39 is 11.8 Å². The number of methoxy groups -OCH3 is 1. The molecule has 1 aromatic heterocycles. The van der Waals surface area contributed by atoms with Gasteiger partial charge in [0.25, 0.3) is 0 Å². The van der Waals surface area contributed by atoms with Crippen LogP contribution in [0, 0.1) is 17.1 Å². The molecule has 126 valence electrons. The first-order valence-electron chi connectivity index (χ1n) is 7.65. The molecule has 2 aromatic carbocycles. The van der Waals surface area contributed by atoms with E-state index in [4.69, 9.17) is 9.47 Å². The number of benzene rings is 2. The lowest BCUT2D eigenvalue weighted by Crippen LogP contribution is -2.04. The van der Waals surface area contributed by atoms with Crippen LogP contribution in [-0.4, -0.2) is 24.3 Å². The Morgan fingerprint density at radius 1 is 1.28 bits per heavy atom. The van der Waals surface area contributed by atoms with Crippen molar-refractivity contribution in [2.45, 2.75) is 6.92 Å². The van der Waals surface area contributed by atoms with Gasteiger partial charge in [0.1, 0.15) is 6.07 Å². The maximum atomic E-state index is 14.1. The van der Waals surface area contributed by atoms with Gasteiger partial charge in [-0.15, -0.1) is 0 Å². The molecule has 0 aliphatic heterocycles. The van der Waals surface area contributed by atoms with Gasteiger partial charge in [0.15, 0.2) is 11.6 Å². The highest BCUT2D eigenvalue weighted by Gasteiger charge is 2.15. The van der Waals surface area contributed by atoms with Crippen molar-refractivity contribution in [1.29, 1.82) is 5.26 Å². The molecule has 0 saturated heterocycles. The fourth-order valence-electron chi connectivity index (χ4n) is 2.66. The average Bonchev–Trinajstić information content (AvgIpc) is 2.98. The lowest BCUT2D eigenvalue weighted by atomic mass is 10.1. The largest absolute Gasteiger partial charge is 0.494 e. The second-order valence-electron chi connectivity index (χ2n) is 5.30. The SMILES string of the molecule is CCOC(=O)c1ccc(-n2cc(C#N)c3cc(OC)c(F)cc32)cc1. The number of carbonyl (C=O) groups excluding carboxylic acids is 1. The van der Waals surface area contributed by atoms with Gasteiger partial charge in [-0.2, -0.15) is 5.26 Å². The molecule has 3 aromatic rings. The Hall–Kier alpha value is -3.33. The summed E-state index contributed by atoms with van der Waals surface area (Å²) >= 11 is 0. The molecule has 0 aliphatic carbocycles. The number of nitriles is 1. The van der Waals surface area contributed by atoms with Gasteiger partial charge in [-0.05, 0) is 37.3 Å². The maximum Gasteiger partial charge on any atom is 0.338 e. The molecule has 0 atom stereocenters. The molecule has 0 spiro atoms. The summed E-state index contributed by atoms with van der Waals surface area (Å²) in [4.78, 5) is 11.7. The standard InChI is InChI=1S/C19H15FN2O3/c1-3-25-19(23)12-4-6-14(7-5-12)22-11-13(10-21)15-8-18(24-2)16(20)9-17(15)22/h4-9,11H,3H2,1-2H3. The van der Waals surface area contributed by atoms with Crippen molar-refractivity contribution in [1.82, 2.24) is 4.57 Å². The Morgan fingerprint density at radius 2 is 2.00 bits per heavy atom. The molecule has 0 radical (unpaired) electrons. The molecule has 0 aliphatic rings. The predicted octanol–water partition coefficient (Wildman–Crippen LogP) is 3.83. The number of esters is 1. The van der Waals surface area contributed by atoms with Crippen molar-refractivity contribution in [3.63, 3.8) is 0 Å². The summed E-state index contributed by atoms with van der Waals surface area (Å²) in [6.45, 7) is 2.04. The highest BCUT2D eigenvalue weighted by molar-refractivity contribution is 5.91. The van der Waals surface area contributed by atoms with Crippen molar-refractivity contribution in [3.8, 4) is 17.5 Å². The van der Waals surface area contributed by atoms with Crippen molar-refractivity contribution in [3.05, 3.63) is 59.5 Å². The van der Waals surface area contributed by atoms with E-state index in [0.29, 0.717) is 34.3 Å². The summed E-state index contributed by atoms with van der Waals surface area (Å²) < 4.78 is 25.7. The summed E-state index contributed by atoms with van der Waals surface area (Å²) in [5, 5.41) is 9.94. The molecule has 5 nitrogen and oxygen atoms in total. The van der Waals surface area contributed by atoms with E-state index in [1.54, 1.807) is 42.0 Å². The molecule has 0 N–H and O–H groups in total. The summed E-state index contributed by atoms with van der Waals surface area (Å²) in [6.07, 6.45) is 1.63. The van der Waals surface area contributed by atoms with Gasteiger partial charge in [0.2, 0.25) is 0 Å². The molecule has 1 heterocycles. The topological polar surface area (TPSA) is 64.2 Å². The molecule has 0 unspecified atom stereocenters. The number of ether oxygens (including phenoxy) is 2. The minimum absolute atomic E-state index is 0.0828. The normalized spacial score (nSPS) is 10.5. The third-order valence-electron chi connectivity index (χ3n) is 3.86. The molecule has 0 amide bonds. The van der Waals surface area contributed by atoms with Crippen LogP contribution in [0.25, 0.3) is 16.6 Å². The van der Waals surface area contributed by atoms with Crippen LogP contribution >= 0.6 is 0 Å². The second-order valence-corrected chi connectivity index (χ2v) is 5.30. The quantitative estimate of drug-likeness (QED) is 0.678. The zero-order chi connectivity index (χ0) is 18.0. The zero-order valence-corrected chi connectivity index (χ0v) is 13.7. The highest BCUT2D eigenvalue weighted by Crippen LogP contribution is 2.30. The van der Waals surface area contributed by atoms with Crippen LogP contribution in [0.2, 0.25) is 0 Å². The van der Waals surface area contributed by atoms with E-state index >= 15 is 0 Å². The van der Waals surface area contributed by atoms with Gasteiger partial charge in [0, 0.05) is 23.3 Å². The number of aromatic nitrogens is 1. The fourth-order valence-corrected chi connectivity index (χ4v) is 2.66. The van der Waals surface area contributed by atoms with E-state index in [2.05, 4.69) is 6.07 Å². The van der Waals surface area contributed by atoms with Crippen LogP contribution in [0.3, 0.4) is 0 Å². The van der Waals surface area contributed by atoms with Gasteiger partial charge >= 0.3 is 5.97 Å². The Bertz CT molecular complexity index is 985. The summed E-state index contributed by atoms with van der Waals surface area (Å²) in [6, 6.07) is 11.6. The van der Waals surface area contributed by atoms with Crippen LogP contribution in [0.1, 0.15) is 22.8 Å². The van der Waals surface area contributed by atoms with Crippen LogP contribution in [0.4, 0.5) is 4.39 Å². The maximum absolute atomic E-state index is 14.1. The van der Waals surface area contributed by atoms with E-state index in [-0.39, 0.29) is 5.75 Å². The second kappa shape index (κ2) is 6.65. The summed E-state index contributed by atoms with van der Waals surface area (Å²) in [5.41, 5.74) is 2.07. The molecular formula is C19H15FN2O3. The Labute approximate surface area is 143 Å². The van der Waals surface area contributed by atoms with E-state index in [9.17, 15) is 14.4 Å². The van der Waals surface area contributed by atoms with Gasteiger partial charge in [-0.25, -0.2) is 9.18 Å². The number of nitrogens with zero attached hydrogens (tertiary/aromatic N) is 2. The molecule has 0 bridgehead atoms. The summed E-state index contributed by atoms with van der Waals surface area (Å²) in [5.74, 6) is -0.832. The van der Waals surface area contributed by atoms with Crippen LogP contribution in [-0.2, 0) is 4.74 Å². The first-order chi connectivity index (χ1) is 12.1. The fraction of sp³-hybridized carbons (Fsp3) is 0.158. The molecular weight excluding hydrogens is 323 g/mol. The molecule has 0 fully saturated rings. The predicted molar refractivity (Wildman–Crippen MR) is 90.5 cm³/mol. The number of hydrogen-bond donors (Lipinski definition) is 0. The van der Waals surface area contributed by atoms with Crippen LogP contribution < -0.4 is 4.74 Å². The number of fused-ring (bicyclic) bond motifs is 1. The van der Waals surface area contributed by atoms with Crippen molar-refractivity contribution >= 4 is 16.9 Å². The third-order valence-corrected chi connectivity index (χ3v) is 3.86. The van der Waals surface area contributed by atoms with Crippen molar-refractivity contribution < 1.29 is 18.7 Å². The minimum atomic E-state index is -0.512. The van der Waals surface area contributed by atoms with Gasteiger partial charge in [0.05, 0.1) is 30.4 Å². The monoisotopic (exact) mass is 338 g/mol. The smallest absolute Gasteiger partial charge is 0.338 e. The Balaban J connectivity index is 2.11. The van der Waals surface area contributed by atoms with Gasteiger partial charge in [-0.3, -0.25) is 0 Å². The van der Waals surface area contributed by atoms with E-state index in [1.165, 1.54) is 19.2 Å². The first-order valence-corrected chi connectivity index (χ1v) is 7.65. The average molecular weight is 338 g/mol. The van der Waals surface area contributed by atoms with Crippen LogP contribution in [0.15, 0.2) is 42.6 Å². The third kappa shape index (κ3) is 2.92. The lowest BCUT2D eigenvalue weighted by molar-refractivity contribution is 0.0526. The van der Waals surface area contributed by atoms with E-state index in [1.807, 2.05) is 0 Å². The molecule has 6 heteroatoms. The van der Waals surface area contributed by atoms with Gasteiger partial charge in [-0.1, -0.05) is 0 Å². The summed E-state index contributed by atoms with van der Waals surface area (Å²) in [7, 11) is 1.38. The first kappa shape index (κ1) is 16.5. The lowest BCUT2D eigenvalue weighted by Gasteiger charge is -2.08. The van der Waals surface area contributed by atoms with Gasteiger partial charge < -0.3 is 14.0 Å². The minimum Gasteiger partial charge on any atom is -0.494 e. The Morgan fingerprint density at radius 3 is 2.60 bits per heavy atom. The number of halogens is 1. The zero-order valence-electron chi connectivity index (χ0n) is 13.7. The molecule has 25 heavy (non-hydrogen) atoms. The number of hydrogen-bond acceptors (Lipinski definition) is 4. The van der Waals surface area contributed by atoms with Crippen molar-refractivity contribution in [2.24, 2.45) is 0 Å². The molecule has 0 saturated carbocycles. The van der Waals surface area contributed by atoms with Crippen molar-refractivity contribution in [2.75, 3.05) is 13.7 Å². The van der Waals surface area contributed by atoms with Crippen LogP contribution in [0.5, 0.6) is 5.75 Å². The molecule has 3 rings (SSSR count). The van der Waals surface area contributed by atoms with E-state index in [0.717, 1.165) is 0 Å². The highest BCUT2D eigenvalue weighted by atomic mass is 19.1. The Kier molecular flexibility index (Phi) is 4.40. The number of rotatable bonds is 4. The number of carbonyl (C=O) groups is 1.